The number of carboxylic acids is 1. The number of pyridine rings is 1. The third kappa shape index (κ3) is 3.03. The van der Waals surface area contributed by atoms with E-state index in [9.17, 15) is 23.1 Å². The molecular weight excluding hydrogens is 399 g/mol. The Morgan fingerprint density at radius 3 is 2.70 bits per heavy atom. The second-order valence-corrected chi connectivity index (χ2v) is 7.75. The second kappa shape index (κ2) is 6.48. The van der Waals surface area contributed by atoms with E-state index in [1.165, 1.54) is 12.3 Å². The fourth-order valence-corrected chi connectivity index (χ4v) is 5.45. The van der Waals surface area contributed by atoms with Crippen LogP contribution in [0, 0.1) is 0 Å². The van der Waals surface area contributed by atoms with Crippen LogP contribution in [0.4, 0.5) is 0 Å². The molecule has 0 saturated carbocycles. The molecule has 3 heterocycles. The molecule has 0 bridgehead atoms. The zero-order chi connectivity index (χ0) is 16.1. The van der Waals surface area contributed by atoms with E-state index in [1.807, 2.05) is 0 Å². The number of aromatic nitrogens is 1. The summed E-state index contributed by atoms with van der Waals surface area (Å²) < 4.78 is 24.4. The molecule has 0 aromatic carbocycles. The average Bonchev–Trinajstić information content (AvgIpc) is 2.44. The number of halogens is 1. The molecule has 2 aliphatic heterocycles. The molecule has 0 spiro atoms. The van der Waals surface area contributed by atoms with Gasteiger partial charge in [0.25, 0.3) is 5.91 Å². The van der Waals surface area contributed by atoms with Crippen LogP contribution in [0.3, 0.4) is 0 Å². The van der Waals surface area contributed by atoms with Gasteiger partial charge in [-0.1, -0.05) is 22.0 Å². The number of rotatable bonds is 2. The summed E-state index contributed by atoms with van der Waals surface area (Å²) in [6, 6.07) is 4.99. The summed E-state index contributed by atoms with van der Waals surface area (Å²) in [6.07, 6.45) is 2.86. The number of hydrogen-bond donors (Lipinski definition) is 0. The second-order valence-electron chi connectivity index (χ2n) is 4.73. The van der Waals surface area contributed by atoms with Gasteiger partial charge in [0.05, 0.1) is 28.7 Å². The van der Waals surface area contributed by atoms with E-state index in [-0.39, 0.29) is 39.6 Å². The van der Waals surface area contributed by atoms with Crippen molar-refractivity contribution in [1.82, 2.24) is 9.88 Å². The molecule has 1 amide bonds. The van der Waals surface area contributed by atoms with Crippen LogP contribution in [-0.2, 0) is 19.4 Å². The fraction of sp³-hybridized carbons (Fsp3) is 0.154. The molecule has 7 nitrogen and oxygen atoms in total. The van der Waals surface area contributed by atoms with Gasteiger partial charge in [-0.15, -0.1) is 0 Å². The first kappa shape index (κ1) is 18.3. The number of carbonyl (C=O) groups is 2. The summed E-state index contributed by atoms with van der Waals surface area (Å²) in [5.41, 5.74) is -0.0234. The minimum Gasteiger partial charge on any atom is -0.543 e. The van der Waals surface area contributed by atoms with Crippen LogP contribution >= 0.6 is 15.9 Å². The standard InChI is InChI=1S/C13H9BrN2O5S.Na/c14-9-6-22(20,21)12-8(5-7-3-1-2-4-15-7)11(17)16(12)10(9)13(18)19;/h1-5,12H,6H2,(H,18,19);/q;+1/p-1/b8-5-;/t12-;/m1./s1. The molecule has 0 radical (unpaired) electrons. The molecule has 0 unspecified atom stereocenters. The van der Waals surface area contributed by atoms with Gasteiger partial charge in [-0.25, -0.2) is 8.42 Å². The predicted molar refractivity (Wildman–Crippen MR) is 77.6 cm³/mol. The summed E-state index contributed by atoms with van der Waals surface area (Å²) in [6.45, 7) is 0. The number of hydrogen-bond acceptors (Lipinski definition) is 6. The minimum absolute atomic E-state index is 0. The van der Waals surface area contributed by atoms with Crippen molar-refractivity contribution in [2.24, 2.45) is 0 Å². The molecule has 1 saturated heterocycles. The molecule has 1 aromatic rings. The van der Waals surface area contributed by atoms with Crippen molar-refractivity contribution in [3.63, 3.8) is 0 Å². The van der Waals surface area contributed by atoms with Gasteiger partial charge >= 0.3 is 29.6 Å². The van der Waals surface area contributed by atoms with Crippen LogP contribution in [0.15, 0.2) is 40.1 Å². The maximum atomic E-state index is 12.2. The molecule has 2 aliphatic rings. The topological polar surface area (TPSA) is 107 Å². The largest absolute Gasteiger partial charge is 1.00 e. The van der Waals surface area contributed by atoms with Gasteiger partial charge < -0.3 is 9.90 Å². The number of carbonyl (C=O) groups excluding carboxylic acids is 2. The van der Waals surface area contributed by atoms with E-state index in [0.29, 0.717) is 5.69 Å². The van der Waals surface area contributed by atoms with Crippen LogP contribution in [0.25, 0.3) is 6.08 Å². The smallest absolute Gasteiger partial charge is 0.543 e. The number of amides is 1. The Morgan fingerprint density at radius 1 is 1.43 bits per heavy atom. The molecule has 1 aromatic heterocycles. The van der Waals surface area contributed by atoms with E-state index < -0.39 is 38.5 Å². The molecule has 10 heteroatoms. The Morgan fingerprint density at radius 2 is 2.13 bits per heavy atom. The van der Waals surface area contributed by atoms with E-state index in [0.717, 1.165) is 4.90 Å². The molecule has 0 N–H and O–H groups in total. The van der Waals surface area contributed by atoms with Crippen molar-refractivity contribution in [1.29, 1.82) is 0 Å². The number of β-lactam (4-membered cyclic amide) rings is 1. The maximum absolute atomic E-state index is 12.2. The average molecular weight is 407 g/mol. The third-order valence-electron chi connectivity index (χ3n) is 3.32. The predicted octanol–water partition coefficient (Wildman–Crippen LogP) is -3.58. The van der Waals surface area contributed by atoms with E-state index in [4.69, 9.17) is 0 Å². The Labute approximate surface area is 162 Å². The SMILES string of the molecule is O=C([O-])C1=C(Br)CS(=O)(=O)[C@@H]2/C(=C\c3ccccn3)C(=O)N12.[Na+]. The zero-order valence-corrected chi connectivity index (χ0v) is 16.3. The summed E-state index contributed by atoms with van der Waals surface area (Å²) in [5, 5.41) is 9.85. The van der Waals surface area contributed by atoms with Crippen molar-refractivity contribution in [3.05, 3.63) is 45.8 Å². The van der Waals surface area contributed by atoms with Crippen LogP contribution in [0.2, 0.25) is 0 Å². The van der Waals surface area contributed by atoms with Gasteiger partial charge in [0.15, 0.2) is 15.2 Å². The Balaban J connectivity index is 0.00000192. The summed E-state index contributed by atoms with van der Waals surface area (Å²) in [5.74, 6) is -2.78. The van der Waals surface area contributed by atoms with Crippen LogP contribution in [0.1, 0.15) is 5.69 Å². The van der Waals surface area contributed by atoms with Gasteiger partial charge in [0.1, 0.15) is 0 Å². The van der Waals surface area contributed by atoms with Gasteiger partial charge in [-0.05, 0) is 18.2 Å². The van der Waals surface area contributed by atoms with Gasteiger partial charge in [0.2, 0.25) is 0 Å². The Hall–Kier alpha value is -1.00. The van der Waals surface area contributed by atoms with Gasteiger partial charge in [0, 0.05) is 10.7 Å². The zero-order valence-electron chi connectivity index (χ0n) is 11.9. The maximum Gasteiger partial charge on any atom is 1.00 e. The number of sulfone groups is 1. The first-order valence-electron chi connectivity index (χ1n) is 6.10. The van der Waals surface area contributed by atoms with Crippen molar-refractivity contribution in [2.45, 2.75) is 5.37 Å². The minimum atomic E-state index is -3.73. The summed E-state index contributed by atoms with van der Waals surface area (Å²) in [4.78, 5) is 28.1. The van der Waals surface area contributed by atoms with E-state index in [2.05, 4.69) is 20.9 Å². The number of fused-ring (bicyclic) bond motifs is 1. The molecule has 114 valence electrons. The third-order valence-corrected chi connectivity index (χ3v) is 6.18. The first-order valence-corrected chi connectivity index (χ1v) is 8.61. The van der Waals surface area contributed by atoms with E-state index >= 15 is 0 Å². The van der Waals surface area contributed by atoms with Gasteiger partial charge in [-0.3, -0.25) is 14.7 Å². The van der Waals surface area contributed by atoms with E-state index in [1.54, 1.807) is 18.2 Å². The number of nitrogens with zero attached hydrogens (tertiary/aromatic N) is 2. The van der Waals surface area contributed by atoms with Crippen LogP contribution in [-0.4, -0.2) is 41.3 Å². The molecule has 23 heavy (non-hydrogen) atoms. The monoisotopic (exact) mass is 406 g/mol. The normalized spacial score (nSPS) is 23.9. The van der Waals surface area contributed by atoms with Gasteiger partial charge in [-0.2, -0.15) is 0 Å². The molecule has 0 aliphatic carbocycles. The van der Waals surface area contributed by atoms with Crippen molar-refractivity contribution < 1.29 is 52.7 Å². The number of aliphatic carboxylic acids is 1. The van der Waals surface area contributed by atoms with Crippen LogP contribution < -0.4 is 34.7 Å². The summed E-state index contributed by atoms with van der Waals surface area (Å²) in [7, 11) is -3.73. The molecular formula is C13H8BrN2NaO5S. The molecule has 1 atom stereocenters. The van der Waals surface area contributed by atoms with Crippen molar-refractivity contribution in [3.8, 4) is 0 Å². The quantitative estimate of drug-likeness (QED) is 0.285. The Kier molecular flexibility index (Phi) is 5.17. The molecule has 1 fully saturated rings. The molecule has 3 rings (SSSR count). The van der Waals surface area contributed by atoms with Crippen molar-refractivity contribution >= 4 is 43.7 Å². The first-order chi connectivity index (χ1) is 10.3. The summed E-state index contributed by atoms with van der Waals surface area (Å²) >= 11 is 2.90. The Bertz CT molecular complexity index is 850. The fourth-order valence-electron chi connectivity index (χ4n) is 2.41. The van der Waals surface area contributed by atoms with Crippen LogP contribution in [0.5, 0.6) is 0 Å². The van der Waals surface area contributed by atoms with Crippen molar-refractivity contribution in [2.75, 3.05) is 5.75 Å². The number of carboxylic acid groups (broad SMARTS) is 1.